The number of hydrogen-bond acceptors (Lipinski definition) is 2. The summed E-state index contributed by atoms with van der Waals surface area (Å²) in [6, 6.07) is 0. The van der Waals surface area contributed by atoms with E-state index in [4.69, 9.17) is 4.74 Å². The van der Waals surface area contributed by atoms with Crippen LogP contribution in [-0.4, -0.2) is 12.6 Å². The quantitative estimate of drug-likeness (QED) is 0.0270. The largest absolute Gasteiger partial charge is 0.463 e. The van der Waals surface area contributed by atoms with Crippen LogP contribution in [0.15, 0.2) is 36.5 Å². The summed E-state index contributed by atoms with van der Waals surface area (Å²) in [5, 5.41) is 0. The van der Waals surface area contributed by atoms with Gasteiger partial charge in [0.1, 0.15) is 0 Å². The first-order chi connectivity index (χ1) is 19.8. The smallest absolute Gasteiger partial charge is 0.330 e. The van der Waals surface area contributed by atoms with E-state index < -0.39 is 0 Å². The number of carbonyl (C=O) groups is 1. The van der Waals surface area contributed by atoms with Gasteiger partial charge in [0.2, 0.25) is 0 Å². The molecule has 0 atom stereocenters. The second kappa shape index (κ2) is 35.7. The summed E-state index contributed by atoms with van der Waals surface area (Å²) in [5.74, 6) is -0.210. The van der Waals surface area contributed by atoms with Crippen molar-refractivity contribution in [3.8, 4) is 0 Å². The number of carbonyl (C=O) groups excluding carboxylic acids is 1. The maximum atomic E-state index is 11.8. The summed E-state index contributed by atoms with van der Waals surface area (Å²) in [6.07, 6.45) is 49.6. The minimum atomic E-state index is -0.210. The zero-order valence-electron chi connectivity index (χ0n) is 27.3. The fourth-order valence-corrected chi connectivity index (χ4v) is 5.16. The highest BCUT2D eigenvalue weighted by Gasteiger charge is 1.97. The van der Waals surface area contributed by atoms with Gasteiger partial charge < -0.3 is 4.74 Å². The van der Waals surface area contributed by atoms with Gasteiger partial charge in [-0.25, -0.2) is 4.79 Å². The van der Waals surface area contributed by atoms with Gasteiger partial charge in [-0.2, -0.15) is 0 Å². The van der Waals surface area contributed by atoms with E-state index in [1.165, 1.54) is 161 Å². The van der Waals surface area contributed by atoms with Crippen LogP contribution in [0.25, 0.3) is 0 Å². The molecular formula is C38H70O2. The number of esters is 1. The molecule has 0 aromatic carbocycles. The van der Waals surface area contributed by atoms with Gasteiger partial charge in [-0.3, -0.25) is 0 Å². The monoisotopic (exact) mass is 559 g/mol. The van der Waals surface area contributed by atoms with E-state index in [9.17, 15) is 4.79 Å². The average Bonchev–Trinajstić information content (AvgIpc) is 2.96. The lowest BCUT2D eigenvalue weighted by atomic mass is 10.0. The van der Waals surface area contributed by atoms with Gasteiger partial charge in [0, 0.05) is 6.08 Å². The predicted octanol–water partition coefficient (Wildman–Crippen LogP) is 13.2. The lowest BCUT2D eigenvalue weighted by molar-refractivity contribution is -0.137. The van der Waals surface area contributed by atoms with Crippen LogP contribution in [-0.2, 0) is 9.53 Å². The van der Waals surface area contributed by atoms with Gasteiger partial charge in [-0.1, -0.05) is 179 Å². The van der Waals surface area contributed by atoms with E-state index >= 15 is 0 Å². The Morgan fingerprint density at radius 1 is 0.425 bits per heavy atom. The molecule has 0 saturated carbocycles. The van der Waals surface area contributed by atoms with Crippen LogP contribution in [0.5, 0.6) is 0 Å². The summed E-state index contributed by atoms with van der Waals surface area (Å²) >= 11 is 0. The Labute approximate surface area is 251 Å². The summed E-state index contributed by atoms with van der Waals surface area (Å²) in [4.78, 5) is 11.8. The highest BCUT2D eigenvalue weighted by atomic mass is 16.5. The molecule has 0 saturated heterocycles. The molecular weight excluding hydrogens is 488 g/mol. The average molecular weight is 559 g/mol. The zero-order chi connectivity index (χ0) is 29.0. The van der Waals surface area contributed by atoms with Gasteiger partial charge in [0.05, 0.1) is 6.61 Å². The highest BCUT2D eigenvalue weighted by Crippen LogP contribution is 2.13. The molecule has 40 heavy (non-hydrogen) atoms. The Morgan fingerprint density at radius 2 is 0.775 bits per heavy atom. The lowest BCUT2D eigenvalue weighted by Crippen LogP contribution is -2.02. The molecule has 234 valence electrons. The molecule has 2 nitrogen and oxygen atoms in total. The molecule has 0 radical (unpaired) electrons. The first kappa shape index (κ1) is 38.7. The number of rotatable bonds is 32. The Balaban J connectivity index is 3.32. The first-order valence-electron chi connectivity index (χ1n) is 18.0. The minimum Gasteiger partial charge on any atom is -0.463 e. The third-order valence-corrected chi connectivity index (χ3v) is 7.85. The lowest BCUT2D eigenvalue weighted by Gasteiger charge is -2.02. The van der Waals surface area contributed by atoms with Gasteiger partial charge in [0.15, 0.2) is 0 Å². The third-order valence-electron chi connectivity index (χ3n) is 7.85. The van der Waals surface area contributed by atoms with Crippen molar-refractivity contribution < 1.29 is 9.53 Å². The van der Waals surface area contributed by atoms with Crippen LogP contribution in [0.3, 0.4) is 0 Å². The maximum absolute atomic E-state index is 11.8. The third kappa shape index (κ3) is 34.7. The van der Waals surface area contributed by atoms with Crippen molar-refractivity contribution in [3.05, 3.63) is 36.5 Å². The Kier molecular flexibility index (Phi) is 34.5. The standard InChI is InChI=1S/C38H70O2/c1-3-5-7-9-11-13-15-17-19-21-22-24-26-28-30-32-34-36-38(39)40-37-35-33-31-29-27-25-23-20-18-16-14-12-10-8-6-4-2/h18,20,30,32,34,36H,3-17,19,21-29,31,33,35,37H2,1-2H3/b20-18-,32-30?,36-34?. The van der Waals surface area contributed by atoms with Crippen LogP contribution in [0.2, 0.25) is 0 Å². The summed E-state index contributed by atoms with van der Waals surface area (Å²) in [6.45, 7) is 5.11. The Bertz CT molecular complexity index is 574. The van der Waals surface area contributed by atoms with Crippen molar-refractivity contribution in [3.63, 3.8) is 0 Å². The van der Waals surface area contributed by atoms with Gasteiger partial charge >= 0.3 is 5.97 Å². The highest BCUT2D eigenvalue weighted by molar-refractivity contribution is 5.82. The van der Waals surface area contributed by atoms with E-state index in [0.29, 0.717) is 6.61 Å². The molecule has 0 aliphatic carbocycles. The van der Waals surface area contributed by atoms with Crippen LogP contribution in [0.4, 0.5) is 0 Å². The van der Waals surface area contributed by atoms with Gasteiger partial charge in [0.25, 0.3) is 0 Å². The molecule has 0 spiro atoms. The predicted molar refractivity (Wildman–Crippen MR) is 179 cm³/mol. The molecule has 0 N–H and O–H groups in total. The molecule has 0 bridgehead atoms. The van der Waals surface area contributed by atoms with Crippen molar-refractivity contribution in [2.45, 2.75) is 194 Å². The fraction of sp³-hybridized carbons (Fsp3) is 0.816. The zero-order valence-corrected chi connectivity index (χ0v) is 27.3. The molecule has 0 rings (SSSR count). The number of allylic oxidation sites excluding steroid dienone is 5. The molecule has 0 aliphatic rings. The minimum absolute atomic E-state index is 0.210. The second-order valence-corrected chi connectivity index (χ2v) is 11.9. The van der Waals surface area contributed by atoms with Crippen molar-refractivity contribution in [1.29, 1.82) is 0 Å². The van der Waals surface area contributed by atoms with Gasteiger partial charge in [-0.15, -0.1) is 0 Å². The van der Waals surface area contributed by atoms with Crippen LogP contribution < -0.4 is 0 Å². The Hall–Kier alpha value is -1.31. The van der Waals surface area contributed by atoms with E-state index in [1.807, 2.05) is 12.2 Å². The molecule has 0 aromatic rings. The number of hydrogen-bond donors (Lipinski definition) is 0. The van der Waals surface area contributed by atoms with Crippen molar-refractivity contribution in [1.82, 2.24) is 0 Å². The number of ether oxygens (including phenoxy) is 1. The molecule has 0 fully saturated rings. The van der Waals surface area contributed by atoms with Crippen LogP contribution in [0, 0.1) is 0 Å². The van der Waals surface area contributed by atoms with Crippen LogP contribution >= 0.6 is 0 Å². The molecule has 0 aromatic heterocycles. The Morgan fingerprint density at radius 3 is 1.20 bits per heavy atom. The maximum Gasteiger partial charge on any atom is 0.330 e. The van der Waals surface area contributed by atoms with E-state index in [0.717, 1.165) is 19.3 Å². The summed E-state index contributed by atoms with van der Waals surface area (Å²) < 4.78 is 5.32. The van der Waals surface area contributed by atoms with Crippen molar-refractivity contribution in [2.24, 2.45) is 0 Å². The summed E-state index contributed by atoms with van der Waals surface area (Å²) in [7, 11) is 0. The SMILES string of the molecule is CCCCCCCC/C=C\CCCCCCCCOC(=O)C=CC=CCCCCCCCCCCCCCCC. The van der Waals surface area contributed by atoms with Crippen molar-refractivity contribution >= 4 is 5.97 Å². The molecule has 0 heterocycles. The number of unbranched alkanes of at least 4 members (excludes halogenated alkanes) is 25. The second-order valence-electron chi connectivity index (χ2n) is 11.9. The molecule has 0 unspecified atom stereocenters. The van der Waals surface area contributed by atoms with Crippen molar-refractivity contribution in [2.75, 3.05) is 6.61 Å². The van der Waals surface area contributed by atoms with E-state index in [-0.39, 0.29) is 5.97 Å². The topological polar surface area (TPSA) is 26.3 Å². The van der Waals surface area contributed by atoms with Gasteiger partial charge in [-0.05, 0) is 44.9 Å². The van der Waals surface area contributed by atoms with E-state index in [1.54, 1.807) is 6.08 Å². The molecule has 2 heteroatoms. The molecule has 0 amide bonds. The fourth-order valence-electron chi connectivity index (χ4n) is 5.16. The van der Waals surface area contributed by atoms with E-state index in [2.05, 4.69) is 32.1 Å². The summed E-state index contributed by atoms with van der Waals surface area (Å²) in [5.41, 5.74) is 0. The molecule has 0 aliphatic heterocycles. The normalized spacial score (nSPS) is 11.9. The first-order valence-corrected chi connectivity index (χ1v) is 18.0. The van der Waals surface area contributed by atoms with Crippen LogP contribution in [0.1, 0.15) is 194 Å².